The molecule has 2 aromatic carbocycles. The van der Waals surface area contributed by atoms with Gasteiger partial charge in [-0.3, -0.25) is 0 Å². The first-order valence-corrected chi connectivity index (χ1v) is 7.03. The molecule has 2 aromatic rings. The van der Waals surface area contributed by atoms with Crippen LogP contribution in [0.5, 0.6) is 0 Å². The normalized spacial score (nSPS) is 12.5. The summed E-state index contributed by atoms with van der Waals surface area (Å²) in [5.41, 5.74) is 2.42. The van der Waals surface area contributed by atoms with E-state index in [1.807, 2.05) is 25.1 Å². The van der Waals surface area contributed by atoms with E-state index in [1.165, 1.54) is 6.07 Å². The second-order valence-corrected chi connectivity index (χ2v) is 5.58. The molecule has 1 atom stereocenters. The molecule has 0 aliphatic heterocycles. The highest BCUT2D eigenvalue weighted by Gasteiger charge is 2.15. The Bertz CT molecular complexity index is 601. The van der Waals surface area contributed by atoms with Crippen LogP contribution >= 0.6 is 27.5 Å². The lowest BCUT2D eigenvalue weighted by Gasteiger charge is -2.15. The van der Waals surface area contributed by atoms with Crippen molar-refractivity contribution in [1.29, 1.82) is 0 Å². The molecule has 19 heavy (non-hydrogen) atoms. The van der Waals surface area contributed by atoms with E-state index in [9.17, 15) is 9.50 Å². The average molecular weight is 344 g/mol. The Kier molecular flexibility index (Phi) is 4.61. The molecule has 1 nitrogen and oxygen atoms in total. The third-order valence-electron chi connectivity index (χ3n) is 3.03. The minimum atomic E-state index is -0.728. The SMILES string of the molecule is Cc1cccc(C(O)Cc2cccc(F)c2Cl)c1Br. The van der Waals surface area contributed by atoms with E-state index in [-0.39, 0.29) is 11.4 Å². The number of aliphatic hydroxyl groups is 1. The third kappa shape index (κ3) is 3.16. The zero-order chi connectivity index (χ0) is 14.0. The second-order valence-electron chi connectivity index (χ2n) is 4.41. The van der Waals surface area contributed by atoms with Gasteiger partial charge in [-0.25, -0.2) is 4.39 Å². The molecule has 0 aromatic heterocycles. The summed E-state index contributed by atoms with van der Waals surface area (Å²) in [6.45, 7) is 1.95. The van der Waals surface area contributed by atoms with E-state index in [0.717, 1.165) is 15.6 Å². The number of rotatable bonds is 3. The summed E-state index contributed by atoms with van der Waals surface area (Å²) in [6.07, 6.45) is -0.452. The van der Waals surface area contributed by atoms with Crippen molar-refractivity contribution >= 4 is 27.5 Å². The van der Waals surface area contributed by atoms with Crippen LogP contribution in [0.25, 0.3) is 0 Å². The molecule has 0 aliphatic rings. The van der Waals surface area contributed by atoms with E-state index in [4.69, 9.17) is 11.6 Å². The van der Waals surface area contributed by atoms with Crippen molar-refractivity contribution in [2.75, 3.05) is 0 Å². The van der Waals surface area contributed by atoms with Crippen molar-refractivity contribution in [2.45, 2.75) is 19.4 Å². The highest BCUT2D eigenvalue weighted by molar-refractivity contribution is 9.10. The summed E-state index contributed by atoms with van der Waals surface area (Å²) in [6, 6.07) is 10.3. The largest absolute Gasteiger partial charge is 0.388 e. The van der Waals surface area contributed by atoms with Crippen molar-refractivity contribution in [3.63, 3.8) is 0 Å². The summed E-state index contributed by atoms with van der Waals surface area (Å²) < 4.78 is 14.2. The molecule has 1 unspecified atom stereocenters. The number of aliphatic hydroxyl groups excluding tert-OH is 1. The molecule has 100 valence electrons. The summed E-state index contributed by atoms with van der Waals surface area (Å²) in [7, 11) is 0. The van der Waals surface area contributed by atoms with Crippen molar-refractivity contribution < 1.29 is 9.50 Å². The number of aryl methyl sites for hydroxylation is 1. The van der Waals surface area contributed by atoms with E-state index < -0.39 is 11.9 Å². The van der Waals surface area contributed by atoms with Gasteiger partial charge in [-0.2, -0.15) is 0 Å². The quantitative estimate of drug-likeness (QED) is 0.846. The van der Waals surface area contributed by atoms with Crippen LogP contribution < -0.4 is 0 Å². The van der Waals surface area contributed by atoms with Crippen LogP contribution in [0.1, 0.15) is 22.8 Å². The fourth-order valence-corrected chi connectivity index (χ4v) is 2.68. The van der Waals surface area contributed by atoms with Crippen LogP contribution in [0.15, 0.2) is 40.9 Å². The van der Waals surface area contributed by atoms with E-state index >= 15 is 0 Å². The van der Waals surface area contributed by atoms with Gasteiger partial charge in [0.15, 0.2) is 0 Å². The third-order valence-corrected chi connectivity index (χ3v) is 4.53. The van der Waals surface area contributed by atoms with Gasteiger partial charge < -0.3 is 5.11 Å². The Labute approximate surface area is 125 Å². The van der Waals surface area contributed by atoms with Gasteiger partial charge in [0.2, 0.25) is 0 Å². The van der Waals surface area contributed by atoms with Crippen LogP contribution in [-0.2, 0) is 6.42 Å². The summed E-state index contributed by atoms with van der Waals surface area (Å²) in [4.78, 5) is 0. The van der Waals surface area contributed by atoms with Crippen molar-refractivity contribution in [2.24, 2.45) is 0 Å². The number of hydrogen-bond donors (Lipinski definition) is 1. The first-order valence-electron chi connectivity index (χ1n) is 5.86. The minimum Gasteiger partial charge on any atom is -0.388 e. The Morgan fingerprint density at radius 2 is 1.95 bits per heavy atom. The maximum Gasteiger partial charge on any atom is 0.142 e. The summed E-state index contributed by atoms with van der Waals surface area (Å²) in [5.74, 6) is -0.463. The summed E-state index contributed by atoms with van der Waals surface area (Å²) >= 11 is 9.36. The molecule has 1 N–H and O–H groups in total. The number of hydrogen-bond acceptors (Lipinski definition) is 1. The van der Waals surface area contributed by atoms with Crippen molar-refractivity contribution in [3.8, 4) is 0 Å². The van der Waals surface area contributed by atoms with Crippen LogP contribution in [0.4, 0.5) is 4.39 Å². The maximum atomic E-state index is 13.4. The van der Waals surface area contributed by atoms with Gasteiger partial charge in [0.25, 0.3) is 0 Å². The lowest BCUT2D eigenvalue weighted by Crippen LogP contribution is -2.04. The molecular weight excluding hydrogens is 331 g/mol. The second kappa shape index (κ2) is 6.04. The van der Waals surface area contributed by atoms with E-state index in [0.29, 0.717) is 5.56 Å². The van der Waals surface area contributed by atoms with Crippen molar-refractivity contribution in [3.05, 3.63) is 68.4 Å². The van der Waals surface area contributed by atoms with Crippen LogP contribution in [0.3, 0.4) is 0 Å². The van der Waals surface area contributed by atoms with Gasteiger partial charge in [-0.1, -0.05) is 57.9 Å². The first-order chi connectivity index (χ1) is 9.00. The Balaban J connectivity index is 2.28. The molecule has 2 rings (SSSR count). The predicted molar refractivity (Wildman–Crippen MR) is 79.0 cm³/mol. The first kappa shape index (κ1) is 14.5. The average Bonchev–Trinajstić information content (AvgIpc) is 2.38. The zero-order valence-corrected chi connectivity index (χ0v) is 12.7. The van der Waals surface area contributed by atoms with Gasteiger partial charge in [-0.15, -0.1) is 0 Å². The fourth-order valence-electron chi connectivity index (χ4n) is 1.95. The fraction of sp³-hybridized carbons (Fsp3) is 0.200. The van der Waals surface area contributed by atoms with Crippen molar-refractivity contribution in [1.82, 2.24) is 0 Å². The molecule has 4 heteroatoms. The van der Waals surface area contributed by atoms with Gasteiger partial charge >= 0.3 is 0 Å². The molecule has 0 spiro atoms. The van der Waals surface area contributed by atoms with Gasteiger partial charge in [-0.05, 0) is 29.7 Å². The smallest absolute Gasteiger partial charge is 0.142 e. The van der Waals surface area contributed by atoms with E-state index in [2.05, 4.69) is 15.9 Å². The molecule has 0 heterocycles. The maximum absolute atomic E-state index is 13.4. The molecule has 0 saturated carbocycles. The lowest BCUT2D eigenvalue weighted by molar-refractivity contribution is 0.177. The Hall–Kier alpha value is -0.900. The molecule has 0 radical (unpaired) electrons. The standard InChI is InChI=1S/C15H13BrClFO/c1-9-4-2-6-11(14(9)16)13(19)8-10-5-3-7-12(18)15(10)17/h2-7,13,19H,8H2,1H3. The number of halogens is 3. The van der Waals surface area contributed by atoms with Crippen LogP contribution in [0.2, 0.25) is 5.02 Å². The van der Waals surface area contributed by atoms with E-state index in [1.54, 1.807) is 12.1 Å². The highest BCUT2D eigenvalue weighted by atomic mass is 79.9. The molecule has 0 bridgehead atoms. The van der Waals surface area contributed by atoms with Gasteiger partial charge in [0, 0.05) is 10.9 Å². The predicted octanol–water partition coefficient (Wildman–Crippen LogP) is 4.83. The summed E-state index contributed by atoms with van der Waals surface area (Å²) in [5, 5.41) is 10.4. The molecular formula is C15H13BrClFO. The van der Waals surface area contributed by atoms with Gasteiger partial charge in [0.1, 0.15) is 5.82 Å². The topological polar surface area (TPSA) is 20.2 Å². The van der Waals surface area contributed by atoms with Crippen LogP contribution in [-0.4, -0.2) is 5.11 Å². The lowest BCUT2D eigenvalue weighted by atomic mass is 10.00. The monoisotopic (exact) mass is 342 g/mol. The zero-order valence-electron chi connectivity index (χ0n) is 10.3. The highest BCUT2D eigenvalue weighted by Crippen LogP contribution is 2.30. The molecule has 0 aliphatic carbocycles. The molecule has 0 fully saturated rings. The minimum absolute atomic E-state index is 0.0744. The Morgan fingerprint density at radius 1 is 1.26 bits per heavy atom. The van der Waals surface area contributed by atoms with Gasteiger partial charge in [0.05, 0.1) is 11.1 Å². The number of benzene rings is 2. The Morgan fingerprint density at radius 3 is 2.68 bits per heavy atom. The molecule has 0 amide bonds. The molecule has 0 saturated heterocycles. The van der Waals surface area contributed by atoms with Crippen LogP contribution in [0, 0.1) is 12.7 Å².